The molecule has 8 unspecified atom stereocenters. The van der Waals surface area contributed by atoms with Gasteiger partial charge in [0.2, 0.25) is 0 Å². The lowest BCUT2D eigenvalue weighted by molar-refractivity contribution is -0.0891. The molecule has 0 aromatic heterocycles. The van der Waals surface area contributed by atoms with Crippen molar-refractivity contribution in [1.82, 2.24) is 0 Å². The number of hydrogen-bond donors (Lipinski definition) is 0. The minimum atomic E-state index is -0.374. The van der Waals surface area contributed by atoms with Crippen LogP contribution >= 0.6 is 0 Å². The second-order valence-electron chi connectivity index (χ2n) is 14.5. The highest BCUT2D eigenvalue weighted by Gasteiger charge is 2.68. The summed E-state index contributed by atoms with van der Waals surface area (Å²) >= 11 is 0. The van der Waals surface area contributed by atoms with Crippen LogP contribution in [-0.2, 0) is 20.3 Å². The fraction of sp³-hybridized carbons (Fsp3) is 0.588. The first-order valence-corrected chi connectivity index (χ1v) is 14.5. The predicted molar refractivity (Wildman–Crippen MR) is 148 cm³/mol. The third-order valence-corrected chi connectivity index (χ3v) is 10.2. The van der Waals surface area contributed by atoms with E-state index in [1.54, 1.807) is 0 Å². The summed E-state index contributed by atoms with van der Waals surface area (Å²) in [5, 5.41) is 0. The molecule has 6 rings (SSSR count). The fourth-order valence-corrected chi connectivity index (χ4v) is 8.39. The maximum absolute atomic E-state index is 13.5. The van der Waals surface area contributed by atoms with Crippen molar-refractivity contribution in [1.29, 1.82) is 0 Å². The van der Waals surface area contributed by atoms with Gasteiger partial charge in [0.25, 0.3) is 0 Å². The molecule has 0 amide bonds. The lowest BCUT2D eigenvalue weighted by Crippen LogP contribution is -2.48. The summed E-state index contributed by atoms with van der Waals surface area (Å²) in [6, 6.07) is 15.6. The molecular formula is C34H42O4. The number of rotatable bonds is 4. The molecule has 4 aliphatic carbocycles. The lowest BCUT2D eigenvalue weighted by atomic mass is 9.69. The molecule has 4 aliphatic rings. The number of esters is 2. The standard InChI is InChI=1S/C34H42O4/c1-33(2,3)23-11-7-9-21(16-23)31(35)37-29-25-18-26(28-20-14-13-19(15-20)27(25)28)30(29)38-32(36)22-10-8-12-24(17-22)34(4,5)6/h7-12,16-17,19-20,25-30H,13-15,18H2,1-6H3. The molecule has 0 saturated heterocycles. The molecule has 4 heteroatoms. The van der Waals surface area contributed by atoms with Crippen molar-refractivity contribution in [2.75, 3.05) is 0 Å². The molecule has 202 valence electrons. The molecule has 0 spiro atoms. The molecule has 0 heterocycles. The second kappa shape index (κ2) is 8.96. The summed E-state index contributed by atoms with van der Waals surface area (Å²) in [5.41, 5.74) is 3.25. The van der Waals surface area contributed by atoms with Crippen LogP contribution in [0.5, 0.6) is 0 Å². The molecule has 4 bridgehead atoms. The van der Waals surface area contributed by atoms with Crippen LogP contribution in [0.15, 0.2) is 48.5 Å². The maximum Gasteiger partial charge on any atom is 0.338 e. The number of hydrogen-bond acceptors (Lipinski definition) is 4. The smallest absolute Gasteiger partial charge is 0.338 e. The number of carbonyl (C=O) groups excluding carboxylic acids is 2. The van der Waals surface area contributed by atoms with Crippen molar-refractivity contribution in [3.8, 4) is 0 Å². The van der Waals surface area contributed by atoms with E-state index in [1.165, 1.54) is 19.3 Å². The number of fused-ring (bicyclic) bond motifs is 9. The molecule has 0 aliphatic heterocycles. The highest BCUT2D eigenvalue weighted by atomic mass is 16.6. The average Bonchev–Trinajstić information content (AvgIpc) is 3.64. The Morgan fingerprint density at radius 1 is 0.658 bits per heavy atom. The van der Waals surface area contributed by atoms with Crippen LogP contribution in [0.2, 0.25) is 0 Å². The Hall–Kier alpha value is -2.62. The van der Waals surface area contributed by atoms with Gasteiger partial charge in [-0.15, -0.1) is 0 Å². The Balaban J connectivity index is 1.27. The van der Waals surface area contributed by atoms with Crippen LogP contribution in [0.25, 0.3) is 0 Å². The zero-order valence-electron chi connectivity index (χ0n) is 23.7. The maximum atomic E-state index is 13.5. The normalized spacial score (nSPS) is 33.3. The van der Waals surface area contributed by atoms with E-state index in [4.69, 9.17) is 9.47 Å². The first-order valence-electron chi connectivity index (χ1n) is 14.5. The summed E-state index contributed by atoms with van der Waals surface area (Å²) < 4.78 is 12.7. The van der Waals surface area contributed by atoms with Gasteiger partial charge in [-0.2, -0.15) is 0 Å². The first kappa shape index (κ1) is 25.6. The Morgan fingerprint density at radius 2 is 1.08 bits per heavy atom. The van der Waals surface area contributed by atoms with E-state index in [1.807, 2.05) is 36.4 Å². The Labute approximate surface area is 227 Å². The molecule has 4 saturated carbocycles. The summed E-state index contributed by atoms with van der Waals surface area (Å²) in [6.45, 7) is 12.9. The molecule has 4 fully saturated rings. The van der Waals surface area contributed by atoms with Gasteiger partial charge in [-0.05, 0) is 95.6 Å². The van der Waals surface area contributed by atoms with E-state index in [0.717, 1.165) is 29.4 Å². The summed E-state index contributed by atoms with van der Waals surface area (Å²) in [5.74, 6) is 2.67. The molecule has 8 atom stereocenters. The highest BCUT2D eigenvalue weighted by molar-refractivity contribution is 5.91. The van der Waals surface area contributed by atoms with Gasteiger partial charge in [-0.25, -0.2) is 9.59 Å². The van der Waals surface area contributed by atoms with Crippen LogP contribution in [0.1, 0.15) is 99.1 Å². The average molecular weight is 515 g/mol. The number of ether oxygens (including phenoxy) is 2. The Morgan fingerprint density at radius 3 is 1.47 bits per heavy atom. The lowest BCUT2D eigenvalue weighted by Gasteiger charge is -2.42. The topological polar surface area (TPSA) is 52.6 Å². The quantitative estimate of drug-likeness (QED) is 0.316. The molecule has 4 nitrogen and oxygen atoms in total. The van der Waals surface area contributed by atoms with Crippen molar-refractivity contribution >= 4 is 11.9 Å². The molecule has 0 N–H and O–H groups in total. The van der Waals surface area contributed by atoms with Crippen LogP contribution in [0, 0.1) is 35.5 Å². The van der Waals surface area contributed by atoms with Crippen molar-refractivity contribution in [2.45, 2.75) is 90.3 Å². The molecule has 38 heavy (non-hydrogen) atoms. The largest absolute Gasteiger partial charge is 0.455 e. The molecule has 0 radical (unpaired) electrons. The Kier molecular flexibility index (Phi) is 6.05. The van der Waals surface area contributed by atoms with E-state index in [-0.39, 0.29) is 46.8 Å². The number of benzene rings is 2. The highest BCUT2D eigenvalue weighted by Crippen LogP contribution is 2.68. The van der Waals surface area contributed by atoms with Crippen LogP contribution in [-0.4, -0.2) is 24.1 Å². The third-order valence-electron chi connectivity index (χ3n) is 10.2. The molecular weight excluding hydrogens is 472 g/mol. The summed E-state index contributed by atoms with van der Waals surface area (Å²) in [4.78, 5) is 27.0. The van der Waals surface area contributed by atoms with Crippen LogP contribution < -0.4 is 0 Å². The minimum absolute atomic E-state index is 0.0569. The van der Waals surface area contributed by atoms with Crippen LogP contribution in [0.4, 0.5) is 0 Å². The fourth-order valence-electron chi connectivity index (χ4n) is 8.39. The first-order chi connectivity index (χ1) is 17.9. The van der Waals surface area contributed by atoms with E-state index >= 15 is 0 Å². The van der Waals surface area contributed by atoms with Gasteiger partial charge in [-0.3, -0.25) is 0 Å². The summed E-state index contributed by atoms with van der Waals surface area (Å²) in [7, 11) is 0. The van der Waals surface area contributed by atoms with Crippen molar-refractivity contribution in [3.63, 3.8) is 0 Å². The van der Waals surface area contributed by atoms with Gasteiger partial charge in [0.05, 0.1) is 11.1 Å². The second-order valence-corrected chi connectivity index (χ2v) is 14.5. The molecule has 2 aromatic carbocycles. The number of carbonyl (C=O) groups is 2. The van der Waals surface area contributed by atoms with Gasteiger partial charge in [0.15, 0.2) is 0 Å². The van der Waals surface area contributed by atoms with Crippen molar-refractivity contribution in [3.05, 3.63) is 70.8 Å². The van der Waals surface area contributed by atoms with Gasteiger partial charge in [0.1, 0.15) is 12.2 Å². The zero-order chi connectivity index (χ0) is 27.0. The third kappa shape index (κ3) is 4.28. The van der Waals surface area contributed by atoms with Crippen molar-refractivity contribution < 1.29 is 19.1 Å². The molecule has 2 aromatic rings. The van der Waals surface area contributed by atoms with E-state index in [0.29, 0.717) is 23.0 Å². The summed E-state index contributed by atoms with van der Waals surface area (Å²) in [6.07, 6.45) is 4.15. The van der Waals surface area contributed by atoms with E-state index in [9.17, 15) is 9.59 Å². The zero-order valence-corrected chi connectivity index (χ0v) is 23.7. The monoisotopic (exact) mass is 514 g/mol. The predicted octanol–water partition coefficient (Wildman–Crippen LogP) is 7.34. The van der Waals surface area contributed by atoms with Gasteiger partial charge >= 0.3 is 11.9 Å². The van der Waals surface area contributed by atoms with Gasteiger partial charge < -0.3 is 9.47 Å². The van der Waals surface area contributed by atoms with E-state index in [2.05, 4.69) is 53.7 Å². The van der Waals surface area contributed by atoms with Crippen LogP contribution in [0.3, 0.4) is 0 Å². The van der Waals surface area contributed by atoms with Crippen molar-refractivity contribution in [2.24, 2.45) is 35.5 Å². The Bertz CT molecular complexity index is 1150. The van der Waals surface area contributed by atoms with E-state index < -0.39 is 0 Å². The minimum Gasteiger partial charge on any atom is -0.455 e. The van der Waals surface area contributed by atoms with Gasteiger partial charge in [-0.1, -0.05) is 65.8 Å². The SMILES string of the molecule is CC(C)(C)c1cccc(C(=O)OC2C3CC(C2OC(=O)c2cccc(C(C)(C)C)c2)C2C4CCC(C4)C32)c1. The van der Waals surface area contributed by atoms with Gasteiger partial charge in [0, 0.05) is 11.8 Å².